The lowest BCUT2D eigenvalue weighted by Gasteiger charge is -2.22. The number of carbonyl (C=O) groups excluding carboxylic acids is 1. The number of likely N-dealkylation sites (tertiary alicyclic amines) is 1. The second-order valence-corrected chi connectivity index (χ2v) is 9.52. The van der Waals surface area contributed by atoms with Gasteiger partial charge in [-0.15, -0.1) is 0 Å². The van der Waals surface area contributed by atoms with Crippen LogP contribution in [0.3, 0.4) is 0 Å². The van der Waals surface area contributed by atoms with Gasteiger partial charge in [0.2, 0.25) is 0 Å². The van der Waals surface area contributed by atoms with Crippen molar-refractivity contribution in [3.05, 3.63) is 89.5 Å². The van der Waals surface area contributed by atoms with E-state index in [4.69, 9.17) is 4.74 Å². The number of aliphatic carboxylic acids is 1. The van der Waals surface area contributed by atoms with Gasteiger partial charge in [0, 0.05) is 43.7 Å². The molecule has 3 aromatic rings. The number of rotatable bonds is 7. The molecule has 1 aliphatic carbocycles. The number of carboxylic acid groups (broad SMARTS) is 1. The molecule has 0 radical (unpaired) electrons. The van der Waals surface area contributed by atoms with E-state index >= 15 is 0 Å². The number of anilines is 1. The Morgan fingerprint density at radius 2 is 1.47 bits per heavy atom. The first-order valence-electron chi connectivity index (χ1n) is 12.7. The Hall–Kier alpha value is -3.80. The van der Waals surface area contributed by atoms with Crippen molar-refractivity contribution in [2.45, 2.75) is 25.7 Å². The number of carboxylic acids is 1. The molecule has 1 amide bonds. The maximum absolute atomic E-state index is 13.1. The van der Waals surface area contributed by atoms with Crippen LogP contribution in [0.2, 0.25) is 0 Å². The zero-order valence-electron chi connectivity index (χ0n) is 20.8. The van der Waals surface area contributed by atoms with Gasteiger partial charge in [-0.05, 0) is 53.8 Å². The maximum Gasteiger partial charge on any atom is 0.409 e. The predicted octanol–water partition coefficient (Wildman–Crippen LogP) is 5.58. The van der Waals surface area contributed by atoms with Gasteiger partial charge >= 0.3 is 12.1 Å². The quantitative estimate of drug-likeness (QED) is 0.474. The van der Waals surface area contributed by atoms with E-state index in [1.54, 1.807) is 4.90 Å². The van der Waals surface area contributed by atoms with Crippen LogP contribution in [0, 0.1) is 5.92 Å². The fraction of sp³-hybridized carbons (Fsp3) is 0.333. The van der Waals surface area contributed by atoms with Crippen molar-refractivity contribution in [2.24, 2.45) is 5.92 Å². The van der Waals surface area contributed by atoms with Crippen LogP contribution < -0.4 is 4.90 Å². The highest BCUT2D eigenvalue weighted by atomic mass is 16.6. The van der Waals surface area contributed by atoms with Crippen molar-refractivity contribution in [1.82, 2.24) is 4.90 Å². The number of fused-ring (bicyclic) bond motifs is 3. The molecule has 1 aliphatic heterocycles. The highest BCUT2D eigenvalue weighted by molar-refractivity contribution is 5.79. The smallest absolute Gasteiger partial charge is 0.409 e. The minimum atomic E-state index is -0.887. The van der Waals surface area contributed by atoms with Crippen LogP contribution >= 0.6 is 0 Å². The molecular formula is C30H32N2O4. The van der Waals surface area contributed by atoms with Crippen molar-refractivity contribution in [3.8, 4) is 11.1 Å². The van der Waals surface area contributed by atoms with E-state index in [1.807, 2.05) is 48.5 Å². The Morgan fingerprint density at radius 1 is 0.889 bits per heavy atom. The summed E-state index contributed by atoms with van der Waals surface area (Å²) in [6.45, 7) is 6.75. The molecule has 2 aliphatic rings. The summed E-state index contributed by atoms with van der Waals surface area (Å²) < 4.78 is 5.80. The van der Waals surface area contributed by atoms with Crippen molar-refractivity contribution in [1.29, 1.82) is 0 Å². The van der Waals surface area contributed by atoms with Crippen LogP contribution in [0.5, 0.6) is 0 Å². The summed E-state index contributed by atoms with van der Waals surface area (Å²) in [7, 11) is 0. The Morgan fingerprint density at radius 3 is 2.03 bits per heavy atom. The molecule has 36 heavy (non-hydrogen) atoms. The Labute approximate surface area is 212 Å². The highest BCUT2D eigenvalue weighted by Crippen LogP contribution is 2.44. The van der Waals surface area contributed by atoms with E-state index in [0.29, 0.717) is 6.54 Å². The summed E-state index contributed by atoms with van der Waals surface area (Å²) in [4.78, 5) is 29.0. The molecule has 0 saturated carbocycles. The topological polar surface area (TPSA) is 70.1 Å². The van der Waals surface area contributed by atoms with Gasteiger partial charge in [0.1, 0.15) is 6.61 Å². The van der Waals surface area contributed by atoms with E-state index < -0.39 is 18.0 Å². The van der Waals surface area contributed by atoms with Crippen molar-refractivity contribution in [3.63, 3.8) is 0 Å². The SMILES string of the molecule is CCN(CC)c1ccc(C2CN(C(=O)OCC3c4ccccc4-c4ccccc43)CC2C(=O)O)cc1. The molecule has 6 heteroatoms. The van der Waals surface area contributed by atoms with Gasteiger partial charge in [-0.2, -0.15) is 0 Å². The number of amides is 1. The molecule has 186 valence electrons. The number of benzene rings is 3. The third-order valence-electron chi connectivity index (χ3n) is 7.68. The van der Waals surface area contributed by atoms with Crippen LogP contribution in [-0.4, -0.2) is 54.9 Å². The number of hydrogen-bond donors (Lipinski definition) is 1. The van der Waals surface area contributed by atoms with Crippen molar-refractivity contribution >= 4 is 17.7 Å². The summed E-state index contributed by atoms with van der Waals surface area (Å²) in [6, 6.07) is 24.5. The number of hydrogen-bond acceptors (Lipinski definition) is 4. The molecule has 2 atom stereocenters. The molecule has 6 nitrogen and oxygen atoms in total. The third-order valence-corrected chi connectivity index (χ3v) is 7.68. The van der Waals surface area contributed by atoms with Gasteiger partial charge in [-0.1, -0.05) is 60.7 Å². The first kappa shape index (κ1) is 23.9. The summed E-state index contributed by atoms with van der Waals surface area (Å²) in [5.41, 5.74) is 6.71. The summed E-state index contributed by atoms with van der Waals surface area (Å²) in [5.74, 6) is -1.84. The fourth-order valence-corrected chi connectivity index (χ4v) is 5.75. The maximum atomic E-state index is 13.1. The predicted molar refractivity (Wildman–Crippen MR) is 141 cm³/mol. The molecule has 5 rings (SSSR count). The van der Waals surface area contributed by atoms with Crippen molar-refractivity contribution < 1.29 is 19.4 Å². The minimum Gasteiger partial charge on any atom is -0.481 e. The molecule has 1 heterocycles. The van der Waals surface area contributed by atoms with Crippen LogP contribution in [0.15, 0.2) is 72.8 Å². The van der Waals surface area contributed by atoms with Gasteiger partial charge < -0.3 is 19.6 Å². The standard InChI is InChI=1S/C30H32N2O4/c1-3-31(4-2)21-15-13-20(14-16-21)26-17-32(18-27(26)29(33)34)30(35)36-19-28-24-11-7-5-9-22(24)23-10-6-8-12-25(23)28/h5-16,26-28H,3-4,17-19H2,1-2H3,(H,33,34). The number of nitrogens with zero attached hydrogens (tertiary/aromatic N) is 2. The lowest BCUT2D eigenvalue weighted by Crippen LogP contribution is -2.31. The van der Waals surface area contributed by atoms with Gasteiger partial charge in [-0.25, -0.2) is 4.79 Å². The van der Waals surface area contributed by atoms with E-state index in [0.717, 1.165) is 35.5 Å². The zero-order valence-corrected chi connectivity index (χ0v) is 20.8. The fourth-order valence-electron chi connectivity index (χ4n) is 5.75. The first-order chi connectivity index (χ1) is 17.5. The molecule has 1 saturated heterocycles. The van der Waals surface area contributed by atoms with Gasteiger partial charge in [0.25, 0.3) is 0 Å². The molecule has 0 aromatic heterocycles. The number of ether oxygens (including phenoxy) is 1. The van der Waals surface area contributed by atoms with E-state index in [9.17, 15) is 14.7 Å². The molecule has 0 bridgehead atoms. The number of carbonyl (C=O) groups is 2. The molecule has 3 aromatic carbocycles. The molecule has 2 unspecified atom stereocenters. The molecular weight excluding hydrogens is 452 g/mol. The first-order valence-corrected chi connectivity index (χ1v) is 12.7. The van der Waals surface area contributed by atoms with Crippen LogP contribution in [0.25, 0.3) is 11.1 Å². The van der Waals surface area contributed by atoms with Gasteiger partial charge in [0.05, 0.1) is 5.92 Å². The van der Waals surface area contributed by atoms with E-state index in [1.165, 1.54) is 11.1 Å². The monoisotopic (exact) mass is 484 g/mol. The molecule has 1 N–H and O–H groups in total. The summed E-state index contributed by atoms with van der Waals surface area (Å²) in [6.07, 6.45) is -0.453. The molecule has 0 spiro atoms. The van der Waals surface area contributed by atoms with Crippen molar-refractivity contribution in [2.75, 3.05) is 37.7 Å². The van der Waals surface area contributed by atoms with E-state index in [-0.39, 0.29) is 25.0 Å². The second kappa shape index (κ2) is 10.1. The van der Waals surface area contributed by atoms with Gasteiger partial charge in [0.15, 0.2) is 0 Å². The summed E-state index contributed by atoms with van der Waals surface area (Å²) in [5, 5.41) is 9.90. The van der Waals surface area contributed by atoms with Crippen LogP contribution in [0.1, 0.15) is 42.4 Å². The second-order valence-electron chi connectivity index (χ2n) is 9.52. The Balaban J connectivity index is 1.29. The van der Waals surface area contributed by atoms with Crippen LogP contribution in [-0.2, 0) is 9.53 Å². The highest BCUT2D eigenvalue weighted by Gasteiger charge is 2.41. The average Bonchev–Trinajstić information content (AvgIpc) is 3.49. The Kier molecular flexibility index (Phi) is 6.68. The van der Waals surface area contributed by atoms with E-state index in [2.05, 4.69) is 43.0 Å². The summed E-state index contributed by atoms with van der Waals surface area (Å²) >= 11 is 0. The molecule has 1 fully saturated rings. The van der Waals surface area contributed by atoms with Crippen LogP contribution in [0.4, 0.5) is 10.5 Å². The minimum absolute atomic E-state index is 0.0253. The Bertz CT molecular complexity index is 1210. The third kappa shape index (κ3) is 4.32. The van der Waals surface area contributed by atoms with Gasteiger partial charge in [-0.3, -0.25) is 4.79 Å². The lowest BCUT2D eigenvalue weighted by atomic mass is 9.89. The largest absolute Gasteiger partial charge is 0.481 e. The average molecular weight is 485 g/mol. The normalized spacial score (nSPS) is 18.6. The lowest BCUT2D eigenvalue weighted by molar-refractivity contribution is -0.141. The zero-order chi connectivity index (χ0) is 25.2.